The zero-order chi connectivity index (χ0) is 17.1. The lowest BCUT2D eigenvalue weighted by Crippen LogP contribution is -2.29. The second kappa shape index (κ2) is 6.24. The van der Waals surface area contributed by atoms with E-state index in [1.54, 1.807) is 12.1 Å². The molecule has 0 bridgehead atoms. The van der Waals surface area contributed by atoms with Crippen molar-refractivity contribution in [2.45, 2.75) is 0 Å². The van der Waals surface area contributed by atoms with Gasteiger partial charge in [-0.25, -0.2) is 0 Å². The van der Waals surface area contributed by atoms with Gasteiger partial charge in [-0.05, 0) is 18.2 Å². The van der Waals surface area contributed by atoms with Gasteiger partial charge in [0.2, 0.25) is 6.79 Å². The number of hydrogen-bond donors (Lipinski definition) is 2. The van der Waals surface area contributed by atoms with E-state index in [9.17, 15) is 19.7 Å². The Morgan fingerprint density at radius 1 is 0.958 bits per heavy atom. The third-order valence-corrected chi connectivity index (χ3v) is 3.15. The molecular weight excluding hydrogens is 318 g/mol. The van der Waals surface area contributed by atoms with Crippen molar-refractivity contribution in [3.63, 3.8) is 0 Å². The van der Waals surface area contributed by atoms with E-state index in [1.807, 2.05) is 0 Å². The van der Waals surface area contributed by atoms with Crippen LogP contribution in [-0.4, -0.2) is 23.5 Å². The Morgan fingerprint density at radius 2 is 1.62 bits per heavy atom. The molecule has 2 amide bonds. The van der Waals surface area contributed by atoms with Gasteiger partial charge >= 0.3 is 11.8 Å². The first-order chi connectivity index (χ1) is 11.5. The number of amides is 2. The van der Waals surface area contributed by atoms with Gasteiger partial charge in [0.1, 0.15) is 0 Å². The fourth-order valence-corrected chi connectivity index (χ4v) is 2.05. The van der Waals surface area contributed by atoms with Crippen molar-refractivity contribution in [3.05, 3.63) is 52.6 Å². The van der Waals surface area contributed by atoms with Gasteiger partial charge in [0.15, 0.2) is 11.5 Å². The number of fused-ring (bicyclic) bond motifs is 1. The monoisotopic (exact) mass is 329 g/mol. The van der Waals surface area contributed by atoms with Crippen LogP contribution in [-0.2, 0) is 9.59 Å². The highest BCUT2D eigenvalue weighted by Gasteiger charge is 2.18. The highest BCUT2D eigenvalue weighted by Crippen LogP contribution is 2.34. The average molecular weight is 329 g/mol. The number of non-ortho nitro benzene ring substituents is 1. The summed E-state index contributed by atoms with van der Waals surface area (Å²) in [6.45, 7) is 0.0972. The summed E-state index contributed by atoms with van der Waals surface area (Å²) >= 11 is 0. The molecule has 0 unspecified atom stereocenters. The summed E-state index contributed by atoms with van der Waals surface area (Å²) in [5, 5.41) is 15.4. The summed E-state index contributed by atoms with van der Waals surface area (Å²) in [4.78, 5) is 33.9. The van der Waals surface area contributed by atoms with Gasteiger partial charge in [-0.2, -0.15) is 0 Å². The standard InChI is InChI=1S/C15H11N3O6/c19-14(16-9-2-1-3-11(6-9)18(21)22)15(20)17-10-4-5-12-13(7-10)24-8-23-12/h1-7H,8H2,(H,16,19)(H,17,20). The van der Waals surface area contributed by atoms with Crippen molar-refractivity contribution < 1.29 is 24.0 Å². The second-order valence-electron chi connectivity index (χ2n) is 4.78. The minimum absolute atomic E-state index is 0.0972. The Bertz CT molecular complexity index is 836. The number of rotatable bonds is 3. The molecule has 122 valence electrons. The molecule has 3 rings (SSSR count). The normalized spacial score (nSPS) is 11.7. The van der Waals surface area contributed by atoms with Crippen molar-refractivity contribution >= 4 is 28.9 Å². The molecule has 1 aliphatic rings. The molecule has 1 aliphatic heterocycles. The van der Waals surface area contributed by atoms with Crippen LogP contribution in [0.2, 0.25) is 0 Å². The van der Waals surface area contributed by atoms with Crippen LogP contribution < -0.4 is 20.1 Å². The first-order valence-electron chi connectivity index (χ1n) is 6.79. The van der Waals surface area contributed by atoms with Crippen molar-refractivity contribution in [3.8, 4) is 11.5 Å². The number of nitrogens with zero attached hydrogens (tertiary/aromatic N) is 1. The van der Waals surface area contributed by atoms with E-state index in [2.05, 4.69) is 10.6 Å². The molecule has 9 nitrogen and oxygen atoms in total. The van der Waals surface area contributed by atoms with E-state index >= 15 is 0 Å². The fourth-order valence-electron chi connectivity index (χ4n) is 2.05. The number of anilines is 2. The van der Waals surface area contributed by atoms with Gasteiger partial charge in [-0.3, -0.25) is 19.7 Å². The van der Waals surface area contributed by atoms with E-state index in [1.165, 1.54) is 24.3 Å². The molecule has 2 aromatic carbocycles. The number of nitrogens with one attached hydrogen (secondary N) is 2. The fraction of sp³-hybridized carbons (Fsp3) is 0.0667. The maximum Gasteiger partial charge on any atom is 0.314 e. The van der Waals surface area contributed by atoms with Crippen molar-refractivity contribution in [2.75, 3.05) is 17.4 Å². The van der Waals surface area contributed by atoms with E-state index in [-0.39, 0.29) is 18.2 Å². The Morgan fingerprint density at radius 3 is 2.33 bits per heavy atom. The van der Waals surface area contributed by atoms with Gasteiger partial charge < -0.3 is 20.1 Å². The van der Waals surface area contributed by atoms with Gasteiger partial charge in [-0.1, -0.05) is 6.07 Å². The highest BCUT2D eigenvalue weighted by atomic mass is 16.7. The molecule has 24 heavy (non-hydrogen) atoms. The minimum Gasteiger partial charge on any atom is -0.454 e. The van der Waals surface area contributed by atoms with E-state index in [0.29, 0.717) is 17.2 Å². The van der Waals surface area contributed by atoms with Gasteiger partial charge in [0.05, 0.1) is 4.92 Å². The topological polar surface area (TPSA) is 120 Å². The zero-order valence-corrected chi connectivity index (χ0v) is 12.1. The summed E-state index contributed by atoms with van der Waals surface area (Å²) in [7, 11) is 0. The molecule has 0 saturated carbocycles. The third-order valence-electron chi connectivity index (χ3n) is 3.15. The van der Waals surface area contributed by atoms with Crippen LogP contribution in [0.5, 0.6) is 11.5 Å². The maximum absolute atomic E-state index is 11.9. The quantitative estimate of drug-likeness (QED) is 0.504. The van der Waals surface area contributed by atoms with Crippen LogP contribution in [0.1, 0.15) is 0 Å². The van der Waals surface area contributed by atoms with Gasteiger partial charge in [0.25, 0.3) is 5.69 Å². The molecule has 0 radical (unpaired) electrons. The van der Waals surface area contributed by atoms with Crippen LogP contribution in [0.25, 0.3) is 0 Å². The van der Waals surface area contributed by atoms with Gasteiger partial charge in [-0.15, -0.1) is 0 Å². The molecule has 0 saturated heterocycles. The van der Waals surface area contributed by atoms with Gasteiger partial charge in [0, 0.05) is 29.6 Å². The molecule has 0 atom stereocenters. The minimum atomic E-state index is -0.951. The number of hydrogen-bond acceptors (Lipinski definition) is 6. The molecule has 9 heteroatoms. The van der Waals surface area contributed by atoms with Crippen LogP contribution in [0, 0.1) is 10.1 Å². The Hall–Kier alpha value is -3.62. The summed E-state index contributed by atoms with van der Waals surface area (Å²) in [6.07, 6.45) is 0. The third kappa shape index (κ3) is 3.24. The molecule has 1 heterocycles. The summed E-state index contributed by atoms with van der Waals surface area (Å²) in [5.74, 6) is -0.852. The lowest BCUT2D eigenvalue weighted by molar-refractivity contribution is -0.384. The first kappa shape index (κ1) is 15.3. The molecule has 2 N–H and O–H groups in total. The summed E-state index contributed by atoms with van der Waals surface area (Å²) < 4.78 is 10.3. The zero-order valence-electron chi connectivity index (χ0n) is 12.1. The Balaban J connectivity index is 1.66. The first-order valence-corrected chi connectivity index (χ1v) is 6.79. The second-order valence-corrected chi connectivity index (χ2v) is 4.78. The summed E-state index contributed by atoms with van der Waals surface area (Å²) in [5.41, 5.74) is 0.317. The molecule has 0 aliphatic carbocycles. The predicted molar refractivity (Wildman–Crippen MR) is 82.9 cm³/mol. The van der Waals surface area contributed by atoms with E-state index < -0.39 is 16.7 Å². The van der Waals surface area contributed by atoms with Crippen LogP contribution in [0.4, 0.5) is 17.1 Å². The van der Waals surface area contributed by atoms with Crippen molar-refractivity contribution in [1.82, 2.24) is 0 Å². The number of carbonyl (C=O) groups is 2. The SMILES string of the molecule is O=C(Nc1cccc([N+](=O)[O-])c1)C(=O)Nc1ccc2c(c1)OCO2. The van der Waals surface area contributed by atoms with E-state index in [0.717, 1.165) is 6.07 Å². The van der Waals surface area contributed by atoms with Crippen molar-refractivity contribution in [2.24, 2.45) is 0 Å². The van der Waals surface area contributed by atoms with E-state index in [4.69, 9.17) is 9.47 Å². The lowest BCUT2D eigenvalue weighted by Gasteiger charge is -2.07. The van der Waals surface area contributed by atoms with Crippen LogP contribution >= 0.6 is 0 Å². The predicted octanol–water partition coefficient (Wildman–Crippen LogP) is 1.90. The number of carbonyl (C=O) groups excluding carboxylic acids is 2. The highest BCUT2D eigenvalue weighted by molar-refractivity contribution is 6.43. The largest absolute Gasteiger partial charge is 0.454 e. The van der Waals surface area contributed by atoms with Crippen LogP contribution in [0.3, 0.4) is 0 Å². The number of nitro benzene ring substituents is 1. The lowest BCUT2D eigenvalue weighted by atomic mass is 10.2. The van der Waals surface area contributed by atoms with Crippen molar-refractivity contribution in [1.29, 1.82) is 0 Å². The Labute approximate surface area is 135 Å². The molecule has 0 aromatic heterocycles. The molecule has 2 aromatic rings. The Kier molecular flexibility index (Phi) is 3.98. The number of nitro groups is 1. The molecular formula is C15H11N3O6. The molecule has 0 spiro atoms. The maximum atomic E-state index is 11.9. The summed E-state index contributed by atoms with van der Waals surface area (Å²) in [6, 6.07) is 9.99. The molecule has 0 fully saturated rings. The van der Waals surface area contributed by atoms with Crippen LogP contribution in [0.15, 0.2) is 42.5 Å². The average Bonchev–Trinajstić information content (AvgIpc) is 3.02. The number of benzene rings is 2. The smallest absolute Gasteiger partial charge is 0.314 e. The number of ether oxygens (including phenoxy) is 2.